The molecule has 2 unspecified atom stereocenters. The summed E-state index contributed by atoms with van der Waals surface area (Å²) in [6, 6.07) is 0.157. The fraction of sp³-hybridized carbons (Fsp3) is 0.842. The van der Waals surface area contributed by atoms with Gasteiger partial charge in [-0.1, -0.05) is 13.3 Å². The molecule has 2 fully saturated rings. The van der Waals surface area contributed by atoms with Gasteiger partial charge in [-0.2, -0.15) is 0 Å². The van der Waals surface area contributed by atoms with Crippen LogP contribution in [0.5, 0.6) is 0 Å². The number of likely N-dealkylation sites (tertiary alicyclic amines) is 1. The Hall–Kier alpha value is -1.59. The summed E-state index contributed by atoms with van der Waals surface area (Å²) < 4.78 is 0. The van der Waals surface area contributed by atoms with Crippen molar-refractivity contribution in [2.75, 3.05) is 13.1 Å². The van der Waals surface area contributed by atoms with E-state index in [1.807, 2.05) is 11.8 Å². The van der Waals surface area contributed by atoms with Gasteiger partial charge in [-0.25, -0.2) is 0 Å². The van der Waals surface area contributed by atoms with Crippen LogP contribution in [0.25, 0.3) is 0 Å². The molecule has 2 aliphatic rings. The van der Waals surface area contributed by atoms with E-state index in [9.17, 15) is 14.4 Å². The van der Waals surface area contributed by atoms with Crippen LogP contribution in [-0.4, -0.2) is 46.9 Å². The van der Waals surface area contributed by atoms with Crippen LogP contribution < -0.4 is 5.32 Å². The first-order valence-corrected chi connectivity index (χ1v) is 9.75. The molecule has 142 valence electrons. The molecule has 25 heavy (non-hydrogen) atoms. The van der Waals surface area contributed by atoms with Crippen molar-refractivity contribution >= 4 is 17.8 Å². The van der Waals surface area contributed by atoms with E-state index in [0.717, 1.165) is 25.7 Å². The molecule has 2 N–H and O–H groups in total. The highest BCUT2D eigenvalue weighted by Gasteiger charge is 2.37. The van der Waals surface area contributed by atoms with Gasteiger partial charge in [0, 0.05) is 25.0 Å². The van der Waals surface area contributed by atoms with Gasteiger partial charge >= 0.3 is 5.97 Å². The van der Waals surface area contributed by atoms with E-state index < -0.39 is 5.97 Å². The number of aliphatic carboxylic acids is 1. The smallest absolute Gasteiger partial charge is 0.306 e. The maximum atomic E-state index is 12.9. The molecular formula is C19H32N2O4. The largest absolute Gasteiger partial charge is 0.481 e. The summed E-state index contributed by atoms with van der Waals surface area (Å²) in [5.41, 5.74) is 0. The van der Waals surface area contributed by atoms with Gasteiger partial charge in [-0.15, -0.1) is 0 Å². The van der Waals surface area contributed by atoms with E-state index in [-0.39, 0.29) is 35.6 Å². The molecule has 0 aromatic rings. The lowest BCUT2D eigenvalue weighted by atomic mass is 9.80. The van der Waals surface area contributed by atoms with Crippen molar-refractivity contribution in [3.63, 3.8) is 0 Å². The van der Waals surface area contributed by atoms with E-state index in [1.165, 1.54) is 0 Å². The summed E-state index contributed by atoms with van der Waals surface area (Å²) in [4.78, 5) is 38.2. The Morgan fingerprint density at radius 2 is 1.60 bits per heavy atom. The van der Waals surface area contributed by atoms with Crippen molar-refractivity contribution in [3.05, 3.63) is 0 Å². The van der Waals surface area contributed by atoms with Crippen LogP contribution in [0.2, 0.25) is 0 Å². The third kappa shape index (κ3) is 5.19. The summed E-state index contributed by atoms with van der Waals surface area (Å²) in [6.45, 7) is 5.34. The molecule has 1 saturated carbocycles. The highest BCUT2D eigenvalue weighted by Crippen LogP contribution is 2.32. The van der Waals surface area contributed by atoms with E-state index in [4.69, 9.17) is 5.11 Å². The highest BCUT2D eigenvalue weighted by atomic mass is 16.4. The van der Waals surface area contributed by atoms with E-state index in [2.05, 4.69) is 12.2 Å². The first-order chi connectivity index (χ1) is 11.9. The Morgan fingerprint density at radius 1 is 1.00 bits per heavy atom. The fourth-order valence-corrected chi connectivity index (χ4v) is 3.98. The van der Waals surface area contributed by atoms with Gasteiger partial charge in [0.2, 0.25) is 11.8 Å². The molecule has 1 heterocycles. The zero-order valence-corrected chi connectivity index (χ0v) is 15.5. The minimum atomic E-state index is -0.749. The second-order valence-corrected chi connectivity index (χ2v) is 7.65. The second-order valence-electron chi connectivity index (χ2n) is 7.65. The predicted octanol–water partition coefficient (Wildman–Crippen LogP) is 2.42. The second kappa shape index (κ2) is 9.20. The van der Waals surface area contributed by atoms with Crippen molar-refractivity contribution in [1.82, 2.24) is 10.2 Å². The monoisotopic (exact) mass is 352 g/mol. The number of carbonyl (C=O) groups excluding carboxylic acids is 2. The summed E-state index contributed by atoms with van der Waals surface area (Å²) >= 11 is 0. The summed E-state index contributed by atoms with van der Waals surface area (Å²) in [5, 5.41) is 12.1. The Balaban J connectivity index is 1.89. The van der Waals surface area contributed by atoms with Crippen LogP contribution in [0, 0.1) is 17.8 Å². The Morgan fingerprint density at radius 3 is 2.20 bits per heavy atom. The van der Waals surface area contributed by atoms with Crippen molar-refractivity contribution in [2.24, 2.45) is 17.8 Å². The van der Waals surface area contributed by atoms with Crippen molar-refractivity contribution in [2.45, 2.75) is 71.3 Å². The lowest BCUT2D eigenvalue weighted by Crippen LogP contribution is -2.51. The van der Waals surface area contributed by atoms with Crippen LogP contribution in [-0.2, 0) is 14.4 Å². The zero-order chi connectivity index (χ0) is 18.4. The van der Waals surface area contributed by atoms with E-state index >= 15 is 0 Å². The Kier molecular flexibility index (Phi) is 7.26. The molecule has 0 spiro atoms. The third-order valence-corrected chi connectivity index (χ3v) is 5.79. The summed E-state index contributed by atoms with van der Waals surface area (Å²) in [5.74, 6) is -1.08. The van der Waals surface area contributed by atoms with Crippen molar-refractivity contribution in [1.29, 1.82) is 0 Å². The lowest BCUT2D eigenvalue weighted by molar-refractivity contribution is -0.148. The highest BCUT2D eigenvalue weighted by molar-refractivity contribution is 5.83. The number of nitrogens with zero attached hydrogens (tertiary/aromatic N) is 1. The number of hydrogen-bond donors (Lipinski definition) is 2. The maximum absolute atomic E-state index is 12.9. The molecular weight excluding hydrogens is 320 g/mol. The molecule has 6 nitrogen and oxygen atoms in total. The maximum Gasteiger partial charge on any atom is 0.306 e. The van der Waals surface area contributed by atoms with Crippen molar-refractivity contribution < 1.29 is 19.5 Å². The molecule has 0 bridgehead atoms. The standard InChI is InChI=1S/C19H32N2O4/c1-3-4-11-20-17(22)16-6-5-13(2)21(12-16)18(23)14-7-9-15(10-8-14)19(24)25/h13-16H,3-12H2,1-2H3,(H,20,22)(H,24,25). The number of carboxylic acid groups (broad SMARTS) is 1. The topological polar surface area (TPSA) is 86.7 Å². The molecule has 1 aliphatic carbocycles. The Bertz CT molecular complexity index is 486. The first kappa shape index (κ1) is 19.7. The molecule has 2 amide bonds. The number of piperidine rings is 1. The van der Waals surface area contributed by atoms with Gasteiger partial charge in [-0.05, 0) is 51.9 Å². The quantitative estimate of drug-likeness (QED) is 0.719. The normalized spacial score (nSPS) is 29.9. The zero-order valence-electron chi connectivity index (χ0n) is 15.5. The average Bonchev–Trinajstić information content (AvgIpc) is 2.61. The van der Waals surface area contributed by atoms with Crippen LogP contribution in [0.15, 0.2) is 0 Å². The molecule has 2 rings (SSSR count). The minimum absolute atomic E-state index is 0.0627. The number of unbranched alkanes of at least 4 members (excludes halogenated alkanes) is 1. The fourth-order valence-electron chi connectivity index (χ4n) is 3.98. The van der Waals surface area contributed by atoms with Gasteiger partial charge in [0.05, 0.1) is 11.8 Å². The Labute approximate surface area is 150 Å². The molecule has 2 atom stereocenters. The number of rotatable bonds is 6. The van der Waals surface area contributed by atoms with Crippen molar-refractivity contribution in [3.8, 4) is 0 Å². The average molecular weight is 352 g/mol. The van der Waals surface area contributed by atoms with Crippen LogP contribution in [0.4, 0.5) is 0 Å². The summed E-state index contributed by atoms with van der Waals surface area (Å²) in [6.07, 6.45) is 6.15. The molecule has 1 aliphatic heterocycles. The lowest BCUT2D eigenvalue weighted by Gasteiger charge is -2.40. The van der Waals surface area contributed by atoms with Gasteiger partial charge in [0.1, 0.15) is 0 Å². The van der Waals surface area contributed by atoms with Crippen LogP contribution in [0.3, 0.4) is 0 Å². The number of carboxylic acids is 1. The molecule has 6 heteroatoms. The number of carbonyl (C=O) groups is 3. The van der Waals surface area contributed by atoms with Gasteiger partial charge in [0.15, 0.2) is 0 Å². The van der Waals surface area contributed by atoms with Gasteiger partial charge in [0.25, 0.3) is 0 Å². The first-order valence-electron chi connectivity index (χ1n) is 9.75. The predicted molar refractivity (Wildman–Crippen MR) is 94.9 cm³/mol. The van der Waals surface area contributed by atoms with E-state index in [1.54, 1.807) is 0 Å². The molecule has 0 radical (unpaired) electrons. The third-order valence-electron chi connectivity index (χ3n) is 5.79. The molecule has 0 aromatic carbocycles. The van der Waals surface area contributed by atoms with Crippen LogP contribution in [0.1, 0.15) is 65.2 Å². The number of nitrogens with one attached hydrogen (secondary N) is 1. The molecule has 1 saturated heterocycles. The minimum Gasteiger partial charge on any atom is -0.481 e. The summed E-state index contributed by atoms with van der Waals surface area (Å²) in [7, 11) is 0. The SMILES string of the molecule is CCCCNC(=O)C1CCC(C)N(C(=O)C2CCC(C(=O)O)CC2)C1. The number of amides is 2. The van der Waals surface area contributed by atoms with Gasteiger partial charge < -0.3 is 15.3 Å². The van der Waals surface area contributed by atoms with E-state index in [0.29, 0.717) is 38.8 Å². The number of hydrogen-bond acceptors (Lipinski definition) is 3. The van der Waals surface area contributed by atoms with Crippen LogP contribution >= 0.6 is 0 Å². The molecule has 0 aromatic heterocycles. The van der Waals surface area contributed by atoms with Gasteiger partial charge in [-0.3, -0.25) is 14.4 Å².